The number of hydrogen-bond acceptors (Lipinski definition) is 0. The Hall–Kier alpha value is -0.157. The molecule has 15 heavy (non-hydrogen) atoms. The van der Waals surface area contributed by atoms with Crippen molar-refractivity contribution in [2.45, 2.75) is 15.0 Å². The second kappa shape index (κ2) is 3.70. The molecule has 0 bridgehead atoms. The summed E-state index contributed by atoms with van der Waals surface area (Å²) in [5.41, 5.74) is -3.45. The molecule has 0 aromatic rings. The second-order valence-corrected chi connectivity index (χ2v) is 10.5. The third-order valence-electron chi connectivity index (χ3n) is 1.65. The van der Waals surface area contributed by atoms with Crippen molar-refractivity contribution in [2.75, 3.05) is 5.51 Å². The molecule has 0 aliphatic carbocycles. The van der Waals surface area contributed by atoms with Gasteiger partial charge in [-0.15, -0.1) is 0 Å². The molecule has 0 aromatic heterocycles. The fraction of sp³-hybridized carbons (Fsp3) is 1.00. The molecular weight excluding hydrogens is 311 g/mol. The molecule has 0 spiro atoms. The monoisotopic (exact) mass is 314 g/mol. The van der Waals surface area contributed by atoms with Crippen LogP contribution in [0.2, 0.25) is 0 Å². The molecule has 0 saturated heterocycles. The molecule has 0 N–H and O–H groups in total. The molecule has 11 heteroatoms. The molecule has 0 aliphatic rings. The van der Waals surface area contributed by atoms with Crippen LogP contribution in [0.3, 0.4) is 0 Å². The summed E-state index contributed by atoms with van der Waals surface area (Å²) in [6.45, 7) is 0. The molecule has 0 aromatic carbocycles. The Balaban J connectivity index is 5.78. The maximum atomic E-state index is 11.8. The van der Waals surface area contributed by atoms with Crippen LogP contribution in [0.25, 0.3) is 0 Å². The van der Waals surface area contributed by atoms with Crippen molar-refractivity contribution in [2.24, 2.45) is 0 Å². The van der Waals surface area contributed by atoms with E-state index in [-0.39, 0.29) is 0 Å². The Morgan fingerprint density at radius 2 is 0.800 bits per heavy atom. The van der Waals surface area contributed by atoms with Gasteiger partial charge in [-0.1, -0.05) is 0 Å². The van der Waals surface area contributed by atoms with E-state index in [1.54, 1.807) is 0 Å². The molecule has 0 fully saturated rings. The number of rotatable bonds is 1. The molecular formula is C4H2F10Ge. The molecule has 0 radical (unpaired) electrons. The zero-order valence-electron chi connectivity index (χ0n) is 6.49. The Labute approximate surface area is 78.6 Å². The van der Waals surface area contributed by atoms with Crippen molar-refractivity contribution in [1.82, 2.24) is 0 Å². The fourth-order valence-corrected chi connectivity index (χ4v) is 3.69. The van der Waals surface area contributed by atoms with Crippen molar-refractivity contribution < 1.29 is 43.9 Å². The van der Waals surface area contributed by atoms with Gasteiger partial charge in [0.2, 0.25) is 0 Å². The van der Waals surface area contributed by atoms with E-state index in [9.17, 15) is 43.9 Å². The summed E-state index contributed by atoms with van der Waals surface area (Å²) in [6.07, 6.45) is 0. The zero-order chi connectivity index (χ0) is 12.7. The van der Waals surface area contributed by atoms with Gasteiger partial charge in [0.25, 0.3) is 0 Å². The SMILES string of the molecule is F[CH2][Ge]([C](F)(F)F)([C](F)(F)F)[C](F)(F)F. The van der Waals surface area contributed by atoms with Crippen molar-refractivity contribution in [1.29, 1.82) is 0 Å². The minimum atomic E-state index is -8.65. The fourth-order valence-electron chi connectivity index (χ4n) is 0.709. The van der Waals surface area contributed by atoms with E-state index in [1.807, 2.05) is 0 Å². The van der Waals surface area contributed by atoms with Crippen LogP contribution in [-0.4, -0.2) is 33.8 Å². The molecule has 0 amide bonds. The van der Waals surface area contributed by atoms with Crippen LogP contribution in [0, 0.1) is 0 Å². The van der Waals surface area contributed by atoms with Crippen LogP contribution in [0.4, 0.5) is 43.9 Å². The molecule has 0 saturated carbocycles. The molecule has 0 rings (SSSR count). The normalized spacial score (nSPS) is 15.6. The number of hydrogen-bond donors (Lipinski definition) is 0. The molecule has 0 aliphatic heterocycles. The van der Waals surface area contributed by atoms with Gasteiger partial charge >= 0.3 is 77.7 Å². The summed E-state index contributed by atoms with van der Waals surface area (Å²) < 4.78 is 118. The van der Waals surface area contributed by atoms with Gasteiger partial charge in [-0.2, -0.15) is 0 Å². The van der Waals surface area contributed by atoms with Gasteiger partial charge in [-0.3, -0.25) is 0 Å². The van der Waals surface area contributed by atoms with E-state index in [2.05, 4.69) is 0 Å². The maximum absolute atomic E-state index is 11.8. The standard InChI is InChI=1S/C4H2F10Ge/c5-1-15(2(6,7)8,3(9,10)11)4(12,13)14/h1H2. The van der Waals surface area contributed by atoms with E-state index in [4.69, 9.17) is 0 Å². The first-order chi connectivity index (χ1) is 6.31. The van der Waals surface area contributed by atoms with E-state index < -0.39 is 33.8 Å². The van der Waals surface area contributed by atoms with Gasteiger partial charge in [0.05, 0.1) is 0 Å². The van der Waals surface area contributed by atoms with Crippen LogP contribution >= 0.6 is 0 Å². The third kappa shape index (κ3) is 2.18. The second-order valence-electron chi connectivity index (χ2n) is 2.53. The number of halogens is 10. The Bertz CT molecular complexity index is 183. The molecule has 0 atom stereocenters. The summed E-state index contributed by atoms with van der Waals surface area (Å²) in [7, 11) is 0. The van der Waals surface area contributed by atoms with Gasteiger partial charge in [-0.05, 0) is 0 Å². The summed E-state index contributed by atoms with van der Waals surface area (Å²) in [5.74, 6) is 0. The summed E-state index contributed by atoms with van der Waals surface area (Å²) in [5, 5.41) is -19.8. The predicted octanol–water partition coefficient (Wildman–Crippen LogP) is 3.25. The quantitative estimate of drug-likeness (QED) is 0.515. The van der Waals surface area contributed by atoms with Crippen molar-refractivity contribution >= 4 is 13.3 Å². The van der Waals surface area contributed by atoms with Crippen LogP contribution in [0.1, 0.15) is 0 Å². The predicted molar refractivity (Wildman–Crippen MR) is 29.9 cm³/mol. The summed E-state index contributed by atoms with van der Waals surface area (Å²) in [6, 6.07) is 0. The van der Waals surface area contributed by atoms with Gasteiger partial charge in [0.15, 0.2) is 0 Å². The van der Waals surface area contributed by atoms with Gasteiger partial charge in [0.1, 0.15) is 0 Å². The average Bonchev–Trinajstić information content (AvgIpc) is 1.76. The number of alkyl halides is 10. The minimum absolute atomic E-state index is 3.45. The van der Waals surface area contributed by atoms with E-state index in [1.165, 1.54) is 0 Å². The van der Waals surface area contributed by atoms with E-state index >= 15 is 0 Å². The molecule has 0 unspecified atom stereocenters. The van der Waals surface area contributed by atoms with Gasteiger partial charge in [0, 0.05) is 0 Å². The third-order valence-corrected chi connectivity index (χ3v) is 8.59. The van der Waals surface area contributed by atoms with Crippen LogP contribution in [-0.2, 0) is 0 Å². The van der Waals surface area contributed by atoms with E-state index in [0.717, 1.165) is 0 Å². The first kappa shape index (κ1) is 14.8. The van der Waals surface area contributed by atoms with Crippen LogP contribution < -0.4 is 0 Å². The van der Waals surface area contributed by atoms with Crippen molar-refractivity contribution in [3.05, 3.63) is 0 Å². The molecule has 0 heterocycles. The van der Waals surface area contributed by atoms with Crippen molar-refractivity contribution in [3.63, 3.8) is 0 Å². The average molecular weight is 313 g/mol. The molecule has 92 valence electrons. The first-order valence-electron chi connectivity index (χ1n) is 3.07. The van der Waals surface area contributed by atoms with Crippen LogP contribution in [0.5, 0.6) is 0 Å². The molecule has 0 nitrogen and oxygen atoms in total. The topological polar surface area (TPSA) is 0 Å². The Kier molecular flexibility index (Phi) is 3.66. The van der Waals surface area contributed by atoms with E-state index in [0.29, 0.717) is 0 Å². The Morgan fingerprint density at radius 3 is 0.800 bits per heavy atom. The van der Waals surface area contributed by atoms with Crippen LogP contribution in [0.15, 0.2) is 0 Å². The zero-order valence-corrected chi connectivity index (χ0v) is 8.58. The van der Waals surface area contributed by atoms with Gasteiger partial charge in [-0.25, -0.2) is 0 Å². The summed E-state index contributed by atoms with van der Waals surface area (Å²) in [4.78, 5) is 0. The summed E-state index contributed by atoms with van der Waals surface area (Å²) >= 11 is -8.65. The first-order valence-corrected chi connectivity index (χ1v) is 7.70. The van der Waals surface area contributed by atoms with Crippen molar-refractivity contribution in [3.8, 4) is 0 Å². The van der Waals surface area contributed by atoms with Gasteiger partial charge < -0.3 is 0 Å². The Morgan fingerprint density at radius 1 is 0.600 bits per heavy atom.